The maximum atomic E-state index is 12.2. The third-order valence-electron chi connectivity index (χ3n) is 4.17. The van der Waals surface area contributed by atoms with Crippen LogP contribution in [0.4, 0.5) is 9.80 Å². The Labute approximate surface area is 155 Å². The van der Waals surface area contributed by atoms with E-state index in [1.807, 2.05) is 30.3 Å². The highest BCUT2D eigenvalue weighted by Gasteiger charge is 2.29. The van der Waals surface area contributed by atoms with Crippen LogP contribution in [-0.2, 0) is 9.53 Å². The minimum atomic E-state index is -0.323. The van der Waals surface area contributed by atoms with Gasteiger partial charge in [0.25, 0.3) is 0 Å². The summed E-state index contributed by atoms with van der Waals surface area (Å²) in [6.07, 6.45) is 0.446. The van der Waals surface area contributed by atoms with Gasteiger partial charge in [0.15, 0.2) is 0 Å². The smallest absolute Gasteiger partial charge is 0.319 e. The molecule has 2 heterocycles. The van der Waals surface area contributed by atoms with E-state index in [9.17, 15) is 9.59 Å². The highest BCUT2D eigenvalue weighted by Crippen LogP contribution is 2.28. The molecule has 0 aliphatic carbocycles. The molecule has 1 aromatic carbocycles. The fourth-order valence-electron chi connectivity index (χ4n) is 2.85. The van der Waals surface area contributed by atoms with Gasteiger partial charge in [-0.3, -0.25) is 10.1 Å². The third kappa shape index (κ3) is 4.55. The van der Waals surface area contributed by atoms with Crippen molar-refractivity contribution in [1.29, 1.82) is 0 Å². The van der Waals surface area contributed by atoms with Gasteiger partial charge in [0, 0.05) is 56.2 Å². The molecule has 8 nitrogen and oxygen atoms in total. The molecule has 3 rings (SSSR count). The van der Waals surface area contributed by atoms with E-state index in [1.54, 1.807) is 12.0 Å². The van der Waals surface area contributed by atoms with Crippen LogP contribution in [0.3, 0.4) is 0 Å². The van der Waals surface area contributed by atoms with Gasteiger partial charge in [-0.15, -0.1) is 5.10 Å². The zero-order valence-corrected chi connectivity index (χ0v) is 15.3. The van der Waals surface area contributed by atoms with Crippen molar-refractivity contribution in [2.75, 3.05) is 38.7 Å². The number of hydrogen-bond donors (Lipinski definition) is 2. The number of nitrogens with one attached hydrogen (secondary N) is 2. The SMILES string of the molecule is COCCN1C[C@H](CNC(=O)Nc2snnc2-c2ccccc2)CC1=O. The second kappa shape index (κ2) is 8.72. The molecule has 0 bridgehead atoms. The van der Waals surface area contributed by atoms with E-state index in [0.717, 1.165) is 17.1 Å². The molecule has 3 amide bonds. The summed E-state index contributed by atoms with van der Waals surface area (Å²) >= 11 is 1.13. The van der Waals surface area contributed by atoms with Crippen molar-refractivity contribution in [3.05, 3.63) is 30.3 Å². The molecule has 2 aromatic rings. The minimum absolute atomic E-state index is 0.104. The number of aromatic nitrogens is 2. The van der Waals surface area contributed by atoms with E-state index in [-0.39, 0.29) is 17.9 Å². The second-order valence-electron chi connectivity index (χ2n) is 6.05. The maximum absolute atomic E-state index is 12.2. The predicted octanol–water partition coefficient (Wildman–Crippen LogP) is 1.82. The molecule has 1 atom stereocenters. The molecule has 26 heavy (non-hydrogen) atoms. The van der Waals surface area contributed by atoms with Crippen molar-refractivity contribution < 1.29 is 14.3 Å². The number of anilines is 1. The zero-order chi connectivity index (χ0) is 18.4. The predicted molar refractivity (Wildman–Crippen MR) is 98.9 cm³/mol. The molecular formula is C17H21N5O3S. The Morgan fingerprint density at radius 3 is 2.96 bits per heavy atom. The molecule has 0 unspecified atom stereocenters. The third-order valence-corrected chi connectivity index (χ3v) is 4.81. The first-order valence-corrected chi connectivity index (χ1v) is 9.14. The van der Waals surface area contributed by atoms with Gasteiger partial charge in [-0.05, 0) is 0 Å². The molecule has 0 spiro atoms. The van der Waals surface area contributed by atoms with Crippen LogP contribution in [-0.4, -0.2) is 59.8 Å². The summed E-state index contributed by atoms with van der Waals surface area (Å²) in [7, 11) is 1.61. The van der Waals surface area contributed by atoms with Crippen LogP contribution in [0.2, 0.25) is 0 Å². The zero-order valence-electron chi connectivity index (χ0n) is 14.5. The summed E-state index contributed by atoms with van der Waals surface area (Å²) in [5, 5.41) is 10.3. The molecule has 9 heteroatoms. The molecule has 2 N–H and O–H groups in total. The lowest BCUT2D eigenvalue weighted by atomic mass is 10.1. The summed E-state index contributed by atoms with van der Waals surface area (Å²) in [5.41, 5.74) is 1.54. The van der Waals surface area contributed by atoms with Gasteiger partial charge in [0.1, 0.15) is 10.7 Å². The van der Waals surface area contributed by atoms with Crippen molar-refractivity contribution >= 4 is 28.5 Å². The monoisotopic (exact) mass is 375 g/mol. The summed E-state index contributed by atoms with van der Waals surface area (Å²) in [4.78, 5) is 25.9. The molecule has 138 valence electrons. The Bertz CT molecular complexity index is 752. The lowest BCUT2D eigenvalue weighted by Crippen LogP contribution is -2.34. The Balaban J connectivity index is 1.50. The number of methoxy groups -OCH3 is 1. The molecular weight excluding hydrogens is 354 g/mol. The maximum Gasteiger partial charge on any atom is 0.319 e. The van der Waals surface area contributed by atoms with Crippen LogP contribution in [0.1, 0.15) is 6.42 Å². The lowest BCUT2D eigenvalue weighted by molar-refractivity contribution is -0.128. The molecule has 0 saturated carbocycles. The van der Waals surface area contributed by atoms with Crippen molar-refractivity contribution in [3.8, 4) is 11.3 Å². The van der Waals surface area contributed by atoms with Gasteiger partial charge in [-0.2, -0.15) is 0 Å². The van der Waals surface area contributed by atoms with E-state index in [4.69, 9.17) is 4.74 Å². The first kappa shape index (κ1) is 18.3. The number of likely N-dealkylation sites (tertiary alicyclic amines) is 1. The van der Waals surface area contributed by atoms with Gasteiger partial charge in [0.2, 0.25) is 5.91 Å². The standard InChI is InChI=1S/C17H21N5O3S/c1-25-8-7-22-11-12(9-14(22)23)10-18-17(24)19-16-15(20-21-26-16)13-5-3-2-4-6-13/h2-6,12H,7-11H2,1H3,(H2,18,19,24)/t12-/m0/s1. The summed E-state index contributed by atoms with van der Waals surface area (Å²) < 4.78 is 8.93. The van der Waals surface area contributed by atoms with E-state index >= 15 is 0 Å². The van der Waals surface area contributed by atoms with Gasteiger partial charge >= 0.3 is 6.03 Å². The Morgan fingerprint density at radius 1 is 1.38 bits per heavy atom. The van der Waals surface area contributed by atoms with Crippen LogP contribution < -0.4 is 10.6 Å². The van der Waals surface area contributed by atoms with Crippen molar-refractivity contribution in [2.45, 2.75) is 6.42 Å². The highest BCUT2D eigenvalue weighted by molar-refractivity contribution is 7.10. The highest BCUT2D eigenvalue weighted by atomic mass is 32.1. The quantitative estimate of drug-likeness (QED) is 0.769. The van der Waals surface area contributed by atoms with Gasteiger partial charge in [-0.1, -0.05) is 34.8 Å². The summed E-state index contributed by atoms with van der Waals surface area (Å²) in [5.74, 6) is 0.213. The number of benzene rings is 1. The molecule has 1 aliphatic rings. The average Bonchev–Trinajstić information content (AvgIpc) is 3.25. The van der Waals surface area contributed by atoms with Crippen molar-refractivity contribution in [3.63, 3.8) is 0 Å². The first-order chi connectivity index (χ1) is 12.7. The van der Waals surface area contributed by atoms with E-state index in [1.165, 1.54) is 0 Å². The first-order valence-electron chi connectivity index (χ1n) is 8.36. The largest absolute Gasteiger partial charge is 0.383 e. The summed E-state index contributed by atoms with van der Waals surface area (Å²) in [6, 6.07) is 9.24. The fourth-order valence-corrected chi connectivity index (χ4v) is 3.44. The normalized spacial score (nSPS) is 16.7. The molecule has 1 saturated heterocycles. The van der Waals surface area contributed by atoms with Crippen molar-refractivity contribution in [2.24, 2.45) is 5.92 Å². The Morgan fingerprint density at radius 2 is 2.19 bits per heavy atom. The minimum Gasteiger partial charge on any atom is -0.383 e. The van der Waals surface area contributed by atoms with Crippen molar-refractivity contribution in [1.82, 2.24) is 19.8 Å². The summed E-state index contributed by atoms with van der Waals surface area (Å²) in [6.45, 7) is 2.19. The van der Waals surface area contributed by atoms with E-state index < -0.39 is 0 Å². The fraction of sp³-hybridized carbons (Fsp3) is 0.412. The van der Waals surface area contributed by atoms with Gasteiger partial charge in [-0.25, -0.2) is 4.79 Å². The number of nitrogens with zero attached hydrogens (tertiary/aromatic N) is 3. The topological polar surface area (TPSA) is 96.5 Å². The molecule has 1 aliphatic heterocycles. The average molecular weight is 375 g/mol. The molecule has 1 fully saturated rings. The number of rotatable bonds is 7. The Hall–Kier alpha value is -2.52. The molecule has 1 aromatic heterocycles. The number of ether oxygens (including phenoxy) is 1. The van der Waals surface area contributed by atoms with Crippen LogP contribution in [0.25, 0.3) is 11.3 Å². The number of urea groups is 1. The van der Waals surface area contributed by atoms with Crippen LogP contribution >= 0.6 is 11.5 Å². The van der Waals surface area contributed by atoms with Crippen LogP contribution in [0.5, 0.6) is 0 Å². The number of carbonyl (C=O) groups is 2. The van der Waals surface area contributed by atoms with Crippen LogP contribution in [0.15, 0.2) is 30.3 Å². The lowest BCUT2D eigenvalue weighted by Gasteiger charge is -2.16. The number of carbonyl (C=O) groups excluding carboxylic acids is 2. The van der Waals surface area contributed by atoms with E-state index in [0.29, 0.717) is 43.4 Å². The number of amides is 3. The van der Waals surface area contributed by atoms with Crippen LogP contribution in [0, 0.1) is 5.92 Å². The second-order valence-corrected chi connectivity index (χ2v) is 6.81. The Kier molecular flexibility index (Phi) is 6.13. The van der Waals surface area contributed by atoms with Gasteiger partial charge < -0.3 is 15.0 Å². The van der Waals surface area contributed by atoms with E-state index in [2.05, 4.69) is 20.2 Å². The number of hydrogen-bond acceptors (Lipinski definition) is 6. The molecule has 0 radical (unpaired) electrons. The van der Waals surface area contributed by atoms with Gasteiger partial charge in [0.05, 0.1) is 6.61 Å².